The van der Waals surface area contributed by atoms with Crippen LogP contribution in [0.4, 0.5) is 0 Å². The number of benzene rings is 2. The molecule has 1 unspecified atom stereocenters. The third-order valence-corrected chi connectivity index (χ3v) is 11.7. The van der Waals surface area contributed by atoms with Gasteiger partial charge in [0, 0.05) is 78.7 Å². The summed E-state index contributed by atoms with van der Waals surface area (Å²) in [6, 6.07) is 16.6. The summed E-state index contributed by atoms with van der Waals surface area (Å²) in [6.07, 6.45) is 3.03. The standard InChI is InChI=1S/C43H49Cl2N7O7/c1-43(2,3)59-42(57)51(23-28-15-17-36(53)46-28)21-25-14-16-33(47-39(25)58-5)32-13-7-12-31(38(32)45)30-11-6-10-29(37(30)44)27-19-34-40(54)49(4)35(48-52(34)22-27)24-50-18-8-9-26(20-50)41(55)56/h6-7,10-14,16,19,22,26,28,42,57H,8-9,15,17-18,20-21,23-24H2,1-5H3,(H,46,53)(H,55,56)/t26-,28-,42?/m0/s1. The van der Waals surface area contributed by atoms with Crippen LogP contribution in [0.5, 0.6) is 5.88 Å². The number of aliphatic hydroxyl groups is 1. The van der Waals surface area contributed by atoms with E-state index in [1.54, 1.807) is 28.7 Å². The number of amides is 1. The molecule has 2 aliphatic heterocycles. The van der Waals surface area contributed by atoms with Crippen molar-refractivity contribution in [3.05, 3.63) is 92.6 Å². The molecule has 2 fully saturated rings. The van der Waals surface area contributed by atoms with Crippen LogP contribution in [0.2, 0.25) is 10.0 Å². The number of halogens is 2. The van der Waals surface area contributed by atoms with Gasteiger partial charge in [-0.05, 0) is 58.7 Å². The second kappa shape index (κ2) is 17.4. The SMILES string of the molecule is COc1nc(-c2cccc(-c3cccc(-c4cc5c(=O)n(C)c(CN6CCC[C@H](C(=O)O)C6)nn5c4)c3Cl)c2Cl)ccc1CN(C[C@@H]1CCC(=O)N1)C(O)OC(C)(C)C. The van der Waals surface area contributed by atoms with Gasteiger partial charge in [-0.2, -0.15) is 5.10 Å². The van der Waals surface area contributed by atoms with Gasteiger partial charge in [-0.15, -0.1) is 0 Å². The first-order valence-electron chi connectivity index (χ1n) is 19.6. The number of ether oxygens (including phenoxy) is 2. The number of aliphatic hydroxyl groups excluding tert-OH is 1. The highest BCUT2D eigenvalue weighted by atomic mass is 35.5. The molecular formula is C43H49Cl2N7O7. The number of methoxy groups -OCH3 is 1. The van der Waals surface area contributed by atoms with E-state index in [0.717, 1.165) is 13.0 Å². The maximum Gasteiger partial charge on any atom is 0.307 e. The Labute approximate surface area is 352 Å². The molecule has 16 heteroatoms. The van der Waals surface area contributed by atoms with E-state index in [-0.39, 0.29) is 24.1 Å². The van der Waals surface area contributed by atoms with Crippen LogP contribution in [0.3, 0.4) is 0 Å². The number of aliphatic carboxylic acids is 1. The number of fused-ring (bicyclic) bond motifs is 1. The fourth-order valence-electron chi connectivity index (χ4n) is 7.82. The van der Waals surface area contributed by atoms with E-state index < -0.39 is 23.9 Å². The fourth-order valence-corrected chi connectivity index (χ4v) is 8.48. The Morgan fingerprint density at radius 3 is 2.39 bits per heavy atom. The Hall–Kier alpha value is -4.83. The number of carboxylic acids is 1. The quantitative estimate of drug-likeness (QED) is 0.116. The van der Waals surface area contributed by atoms with E-state index in [1.165, 1.54) is 11.7 Å². The summed E-state index contributed by atoms with van der Waals surface area (Å²) in [4.78, 5) is 45.8. The van der Waals surface area contributed by atoms with Crippen molar-refractivity contribution >= 4 is 40.6 Å². The number of nitrogens with zero attached hydrogens (tertiary/aromatic N) is 6. The van der Waals surface area contributed by atoms with Gasteiger partial charge in [0.25, 0.3) is 5.56 Å². The lowest BCUT2D eigenvalue weighted by molar-refractivity contribution is -0.242. The molecule has 3 atom stereocenters. The predicted octanol–water partition coefficient (Wildman–Crippen LogP) is 6.21. The summed E-state index contributed by atoms with van der Waals surface area (Å²) in [7, 11) is 3.21. The molecule has 1 amide bonds. The van der Waals surface area contributed by atoms with Crippen LogP contribution in [0.1, 0.15) is 57.8 Å². The van der Waals surface area contributed by atoms with Gasteiger partial charge >= 0.3 is 5.97 Å². The molecule has 0 spiro atoms. The number of hydrogen-bond donors (Lipinski definition) is 3. The maximum absolute atomic E-state index is 13.6. The zero-order chi connectivity index (χ0) is 42.2. The summed E-state index contributed by atoms with van der Waals surface area (Å²) in [5, 5.41) is 29.3. The zero-order valence-electron chi connectivity index (χ0n) is 33.7. The van der Waals surface area contributed by atoms with Gasteiger partial charge in [0.2, 0.25) is 18.2 Å². The number of rotatable bonds is 13. The lowest BCUT2D eigenvalue weighted by Crippen LogP contribution is -2.47. The number of piperidine rings is 1. The summed E-state index contributed by atoms with van der Waals surface area (Å²) in [5.74, 6) is -0.394. The molecule has 5 aromatic rings. The summed E-state index contributed by atoms with van der Waals surface area (Å²) < 4.78 is 14.7. The minimum Gasteiger partial charge on any atom is -0.481 e. The van der Waals surface area contributed by atoms with Crippen molar-refractivity contribution in [1.82, 2.24) is 34.3 Å². The number of nitrogens with one attached hydrogen (secondary N) is 1. The molecule has 59 heavy (non-hydrogen) atoms. The Morgan fingerprint density at radius 2 is 1.73 bits per heavy atom. The largest absolute Gasteiger partial charge is 0.481 e. The normalized spacial score (nSPS) is 18.1. The number of carbonyl (C=O) groups is 2. The van der Waals surface area contributed by atoms with E-state index in [0.29, 0.717) is 105 Å². The Kier molecular flexibility index (Phi) is 12.5. The van der Waals surface area contributed by atoms with Crippen LogP contribution in [0.25, 0.3) is 39.0 Å². The van der Waals surface area contributed by atoms with Gasteiger partial charge in [-0.1, -0.05) is 65.7 Å². The summed E-state index contributed by atoms with van der Waals surface area (Å²) in [6.45, 7) is 7.68. The Morgan fingerprint density at radius 1 is 1.03 bits per heavy atom. The van der Waals surface area contributed by atoms with Crippen LogP contribution < -0.4 is 15.6 Å². The van der Waals surface area contributed by atoms with E-state index in [9.17, 15) is 24.6 Å². The van der Waals surface area contributed by atoms with E-state index in [1.807, 2.05) is 74.2 Å². The molecule has 0 bridgehead atoms. The molecule has 7 rings (SSSR count). The number of carbonyl (C=O) groups excluding carboxylic acids is 1. The van der Waals surface area contributed by atoms with Crippen LogP contribution in [0, 0.1) is 5.92 Å². The van der Waals surface area contributed by atoms with E-state index in [4.69, 9.17) is 42.8 Å². The number of likely N-dealkylation sites (tertiary alicyclic amines) is 1. The van der Waals surface area contributed by atoms with Crippen molar-refractivity contribution in [1.29, 1.82) is 0 Å². The van der Waals surface area contributed by atoms with Crippen LogP contribution in [0.15, 0.2) is 65.6 Å². The maximum atomic E-state index is 13.6. The third-order valence-electron chi connectivity index (χ3n) is 10.8. The van der Waals surface area contributed by atoms with Gasteiger partial charge < -0.3 is 25.0 Å². The molecule has 0 aliphatic carbocycles. The third kappa shape index (κ3) is 9.33. The number of carboxylic acid groups (broad SMARTS) is 1. The molecule has 0 saturated carbocycles. The average molecular weight is 847 g/mol. The second-order valence-electron chi connectivity index (χ2n) is 16.2. The van der Waals surface area contributed by atoms with Gasteiger partial charge in [0.05, 0.1) is 40.9 Å². The summed E-state index contributed by atoms with van der Waals surface area (Å²) >= 11 is 14.4. The van der Waals surface area contributed by atoms with Crippen molar-refractivity contribution in [3.63, 3.8) is 0 Å². The van der Waals surface area contributed by atoms with Gasteiger partial charge in [0.15, 0.2) is 0 Å². The molecule has 14 nitrogen and oxygen atoms in total. The van der Waals surface area contributed by atoms with Crippen LogP contribution in [-0.2, 0) is 34.5 Å². The van der Waals surface area contributed by atoms with E-state index in [2.05, 4.69) is 5.32 Å². The highest BCUT2D eigenvalue weighted by molar-refractivity contribution is 6.39. The molecule has 3 aromatic heterocycles. The lowest BCUT2D eigenvalue weighted by Gasteiger charge is -2.34. The first-order valence-corrected chi connectivity index (χ1v) is 20.4. The van der Waals surface area contributed by atoms with Crippen molar-refractivity contribution in [3.8, 4) is 39.4 Å². The molecule has 5 heterocycles. The number of hydrogen-bond acceptors (Lipinski definition) is 10. The van der Waals surface area contributed by atoms with Crippen molar-refractivity contribution < 1.29 is 29.3 Å². The first-order chi connectivity index (χ1) is 28.1. The number of aromatic nitrogens is 4. The van der Waals surface area contributed by atoms with Crippen LogP contribution in [-0.4, -0.2) is 95.9 Å². The molecule has 2 aromatic carbocycles. The fraction of sp³-hybridized carbons (Fsp3) is 0.419. The highest BCUT2D eigenvalue weighted by Gasteiger charge is 2.30. The van der Waals surface area contributed by atoms with Crippen molar-refractivity contribution in [2.24, 2.45) is 13.0 Å². The zero-order valence-corrected chi connectivity index (χ0v) is 35.3. The van der Waals surface area contributed by atoms with Crippen molar-refractivity contribution in [2.45, 2.75) is 77.6 Å². The minimum absolute atomic E-state index is 0.0160. The Balaban J connectivity index is 1.16. The molecule has 312 valence electrons. The smallest absolute Gasteiger partial charge is 0.307 e. The average Bonchev–Trinajstić information content (AvgIpc) is 3.82. The van der Waals surface area contributed by atoms with Gasteiger partial charge in [-0.25, -0.2) is 14.4 Å². The first kappa shape index (κ1) is 42.3. The predicted molar refractivity (Wildman–Crippen MR) is 225 cm³/mol. The topological polar surface area (TPSA) is 164 Å². The molecular weight excluding hydrogens is 797 g/mol. The molecule has 0 radical (unpaired) electrons. The minimum atomic E-state index is -1.24. The number of pyridine rings is 1. The summed E-state index contributed by atoms with van der Waals surface area (Å²) in [5.41, 5.74) is 4.18. The van der Waals surface area contributed by atoms with Gasteiger partial charge in [0.1, 0.15) is 11.3 Å². The molecule has 2 saturated heterocycles. The molecule has 2 aliphatic rings. The lowest BCUT2D eigenvalue weighted by atomic mass is 9.97. The highest BCUT2D eigenvalue weighted by Crippen LogP contribution is 2.42. The Bertz CT molecular complexity index is 2450. The molecule has 3 N–H and O–H groups in total. The monoisotopic (exact) mass is 845 g/mol. The van der Waals surface area contributed by atoms with E-state index >= 15 is 0 Å². The van der Waals surface area contributed by atoms with Crippen molar-refractivity contribution in [2.75, 3.05) is 26.7 Å². The van der Waals surface area contributed by atoms with Crippen LogP contribution >= 0.6 is 23.2 Å². The second-order valence-corrected chi connectivity index (χ2v) is 17.0. The van der Waals surface area contributed by atoms with Gasteiger partial charge in [-0.3, -0.25) is 23.9 Å².